The van der Waals surface area contributed by atoms with Crippen molar-refractivity contribution in [3.05, 3.63) is 29.7 Å². The maximum absolute atomic E-state index is 12.6. The second-order valence-corrected chi connectivity index (χ2v) is 9.61. The predicted molar refractivity (Wildman–Crippen MR) is 87.6 cm³/mol. The standard InChI is InChI=1S/C15H20N4O2S2/c20-23(21,15-2-1-7-22-15)19-6-5-13(10-19)8-14-17-16-11-18(14)9-12-3-4-12/h1-2,7,11-13H,3-6,8-10H2. The third-order valence-electron chi connectivity index (χ3n) is 4.66. The molecule has 6 nitrogen and oxygen atoms in total. The molecule has 0 N–H and O–H groups in total. The van der Waals surface area contributed by atoms with Crippen molar-refractivity contribution >= 4 is 21.4 Å². The van der Waals surface area contributed by atoms with Crippen molar-refractivity contribution in [2.24, 2.45) is 11.8 Å². The number of thiophene rings is 1. The molecule has 1 atom stereocenters. The third-order valence-corrected chi connectivity index (χ3v) is 7.89. The Labute approximate surface area is 140 Å². The Bertz CT molecular complexity index is 765. The molecule has 2 aromatic heterocycles. The second-order valence-electron chi connectivity index (χ2n) is 6.50. The first-order valence-electron chi connectivity index (χ1n) is 8.03. The van der Waals surface area contributed by atoms with Crippen LogP contribution in [-0.4, -0.2) is 40.6 Å². The van der Waals surface area contributed by atoms with Crippen LogP contribution < -0.4 is 0 Å². The van der Waals surface area contributed by atoms with E-state index in [1.807, 2.05) is 6.33 Å². The highest BCUT2D eigenvalue weighted by molar-refractivity contribution is 7.91. The fourth-order valence-electron chi connectivity index (χ4n) is 3.15. The van der Waals surface area contributed by atoms with E-state index in [2.05, 4.69) is 14.8 Å². The summed E-state index contributed by atoms with van der Waals surface area (Å²) in [6.07, 6.45) is 6.11. The molecule has 1 aliphatic heterocycles. The van der Waals surface area contributed by atoms with E-state index in [0.29, 0.717) is 23.2 Å². The van der Waals surface area contributed by atoms with Crippen LogP contribution in [0.3, 0.4) is 0 Å². The maximum Gasteiger partial charge on any atom is 0.252 e. The van der Waals surface area contributed by atoms with Crippen LogP contribution in [0.2, 0.25) is 0 Å². The Morgan fingerprint density at radius 1 is 1.26 bits per heavy atom. The fourth-order valence-corrected chi connectivity index (χ4v) is 5.82. The normalized spacial score (nSPS) is 22.7. The zero-order chi connectivity index (χ0) is 15.9. The predicted octanol–water partition coefficient (Wildman–Crippen LogP) is 2.00. The van der Waals surface area contributed by atoms with Crippen LogP contribution in [0.15, 0.2) is 28.0 Å². The van der Waals surface area contributed by atoms with Gasteiger partial charge < -0.3 is 4.57 Å². The van der Waals surface area contributed by atoms with E-state index in [9.17, 15) is 8.42 Å². The van der Waals surface area contributed by atoms with Gasteiger partial charge in [-0.2, -0.15) is 4.31 Å². The van der Waals surface area contributed by atoms with Gasteiger partial charge in [0.25, 0.3) is 10.0 Å². The number of rotatable bonds is 6. The van der Waals surface area contributed by atoms with Crippen molar-refractivity contribution in [2.75, 3.05) is 13.1 Å². The lowest BCUT2D eigenvalue weighted by Gasteiger charge is -2.15. The largest absolute Gasteiger partial charge is 0.317 e. The van der Waals surface area contributed by atoms with Gasteiger partial charge in [0.05, 0.1) is 0 Å². The number of sulfonamides is 1. The lowest BCUT2D eigenvalue weighted by atomic mass is 10.0. The van der Waals surface area contributed by atoms with E-state index >= 15 is 0 Å². The monoisotopic (exact) mass is 352 g/mol. The number of nitrogens with zero attached hydrogens (tertiary/aromatic N) is 4. The summed E-state index contributed by atoms with van der Waals surface area (Å²) in [5.41, 5.74) is 0. The summed E-state index contributed by atoms with van der Waals surface area (Å²) in [6.45, 7) is 2.18. The lowest BCUT2D eigenvalue weighted by Crippen LogP contribution is -2.28. The summed E-state index contributed by atoms with van der Waals surface area (Å²) in [5.74, 6) is 2.10. The van der Waals surface area contributed by atoms with Crippen molar-refractivity contribution in [2.45, 2.75) is 36.4 Å². The molecule has 1 saturated heterocycles. The summed E-state index contributed by atoms with van der Waals surface area (Å²) in [4.78, 5) is 0. The van der Waals surface area contributed by atoms with Crippen LogP contribution in [-0.2, 0) is 23.0 Å². The lowest BCUT2D eigenvalue weighted by molar-refractivity contribution is 0.449. The Morgan fingerprint density at radius 2 is 2.13 bits per heavy atom. The molecule has 2 fully saturated rings. The zero-order valence-electron chi connectivity index (χ0n) is 12.8. The Morgan fingerprint density at radius 3 is 2.87 bits per heavy atom. The molecule has 8 heteroatoms. The van der Waals surface area contributed by atoms with E-state index in [1.54, 1.807) is 21.8 Å². The van der Waals surface area contributed by atoms with Crippen LogP contribution in [0.4, 0.5) is 0 Å². The van der Waals surface area contributed by atoms with Crippen molar-refractivity contribution in [3.63, 3.8) is 0 Å². The summed E-state index contributed by atoms with van der Waals surface area (Å²) in [7, 11) is -3.32. The molecule has 1 aliphatic carbocycles. The van der Waals surface area contributed by atoms with E-state index in [1.165, 1.54) is 24.2 Å². The third kappa shape index (κ3) is 3.20. The number of aromatic nitrogens is 3. The van der Waals surface area contributed by atoms with Gasteiger partial charge in [0.15, 0.2) is 0 Å². The van der Waals surface area contributed by atoms with Crippen molar-refractivity contribution in [1.29, 1.82) is 0 Å². The molecule has 2 aliphatic rings. The molecule has 0 aromatic carbocycles. The summed E-state index contributed by atoms with van der Waals surface area (Å²) in [5, 5.41) is 10.1. The zero-order valence-corrected chi connectivity index (χ0v) is 14.5. The number of hydrogen-bond acceptors (Lipinski definition) is 5. The van der Waals surface area contributed by atoms with Crippen molar-refractivity contribution < 1.29 is 8.42 Å². The molecule has 0 bridgehead atoms. The molecular formula is C15H20N4O2S2. The molecule has 1 saturated carbocycles. The van der Waals surface area contributed by atoms with Gasteiger partial charge in [-0.1, -0.05) is 6.07 Å². The SMILES string of the molecule is O=S(=O)(c1cccs1)N1CCC(Cc2nncn2CC2CC2)C1. The van der Waals surface area contributed by atoms with Gasteiger partial charge in [-0.3, -0.25) is 0 Å². The average molecular weight is 352 g/mol. The molecule has 124 valence electrons. The molecule has 2 aromatic rings. The van der Waals surface area contributed by atoms with Gasteiger partial charge in [0.2, 0.25) is 0 Å². The Balaban J connectivity index is 1.42. The van der Waals surface area contributed by atoms with Crippen molar-refractivity contribution in [1.82, 2.24) is 19.1 Å². The molecule has 1 unspecified atom stereocenters. The highest BCUT2D eigenvalue weighted by atomic mass is 32.2. The van der Waals surface area contributed by atoms with Crippen LogP contribution >= 0.6 is 11.3 Å². The van der Waals surface area contributed by atoms with E-state index < -0.39 is 10.0 Å². The maximum atomic E-state index is 12.6. The minimum absolute atomic E-state index is 0.326. The molecular weight excluding hydrogens is 332 g/mol. The van der Waals surface area contributed by atoms with Crippen molar-refractivity contribution in [3.8, 4) is 0 Å². The molecule has 0 radical (unpaired) electrons. The van der Waals surface area contributed by atoms with Crippen LogP contribution in [0.25, 0.3) is 0 Å². The Kier molecular flexibility index (Phi) is 3.98. The molecule has 4 rings (SSSR count). The number of hydrogen-bond donors (Lipinski definition) is 0. The van der Waals surface area contributed by atoms with Gasteiger partial charge in [0, 0.05) is 26.1 Å². The summed E-state index contributed by atoms with van der Waals surface area (Å²) in [6, 6.07) is 3.46. The first-order chi connectivity index (χ1) is 11.1. The second kappa shape index (κ2) is 5.99. The molecule has 0 amide bonds. The minimum atomic E-state index is -3.32. The van der Waals surface area contributed by atoms with Gasteiger partial charge >= 0.3 is 0 Å². The average Bonchev–Trinajstić information content (AvgIpc) is 3.00. The van der Waals surface area contributed by atoms with Gasteiger partial charge in [-0.15, -0.1) is 21.5 Å². The van der Waals surface area contributed by atoms with Gasteiger partial charge in [-0.25, -0.2) is 8.42 Å². The highest BCUT2D eigenvalue weighted by Gasteiger charge is 2.34. The first-order valence-corrected chi connectivity index (χ1v) is 10.4. The fraction of sp³-hybridized carbons (Fsp3) is 0.600. The van der Waals surface area contributed by atoms with E-state index in [4.69, 9.17) is 0 Å². The molecule has 0 spiro atoms. The van der Waals surface area contributed by atoms with Crippen LogP contribution in [0.5, 0.6) is 0 Å². The summed E-state index contributed by atoms with van der Waals surface area (Å²) >= 11 is 1.28. The topological polar surface area (TPSA) is 68.1 Å². The smallest absolute Gasteiger partial charge is 0.252 e. The first kappa shape index (κ1) is 15.3. The minimum Gasteiger partial charge on any atom is -0.317 e. The van der Waals surface area contributed by atoms with E-state index in [0.717, 1.165) is 31.1 Å². The summed E-state index contributed by atoms with van der Waals surface area (Å²) < 4.78 is 29.3. The van der Waals surface area contributed by atoms with Crippen LogP contribution in [0.1, 0.15) is 25.1 Å². The van der Waals surface area contributed by atoms with E-state index in [-0.39, 0.29) is 0 Å². The van der Waals surface area contributed by atoms with Gasteiger partial charge in [-0.05, 0) is 42.5 Å². The Hall–Kier alpha value is -1.25. The van der Waals surface area contributed by atoms with Gasteiger partial charge in [0.1, 0.15) is 16.4 Å². The highest BCUT2D eigenvalue weighted by Crippen LogP contribution is 2.32. The quantitative estimate of drug-likeness (QED) is 0.797. The molecule has 23 heavy (non-hydrogen) atoms. The van der Waals surface area contributed by atoms with Crippen LogP contribution in [0, 0.1) is 11.8 Å². The molecule has 3 heterocycles.